The minimum Gasteiger partial charge on any atom is -0.397 e. The minimum atomic E-state index is -0.320. The van der Waals surface area contributed by atoms with Crippen molar-refractivity contribution in [2.24, 2.45) is 0 Å². The van der Waals surface area contributed by atoms with E-state index in [-0.39, 0.29) is 5.82 Å². The average Bonchev–Trinajstić information content (AvgIpc) is 2.38. The zero-order valence-electron chi connectivity index (χ0n) is 11.0. The van der Waals surface area contributed by atoms with E-state index in [9.17, 15) is 4.39 Å². The third kappa shape index (κ3) is 6.22. The number of anilines is 2. The molecule has 0 unspecified atom stereocenters. The number of unbranched alkanes of at least 4 members (excludes halogenated alkanes) is 1. The number of methoxy groups -OCH3 is 1. The van der Waals surface area contributed by atoms with E-state index >= 15 is 0 Å². The summed E-state index contributed by atoms with van der Waals surface area (Å²) in [6.45, 7) is 2.68. The molecular weight excluding hydrogens is 315 g/mol. The molecule has 1 aromatic carbocycles. The number of hydrogen-bond donors (Lipinski definition) is 2. The zero-order valence-corrected chi connectivity index (χ0v) is 12.6. The number of nitrogen functional groups attached to an aromatic ring is 1. The summed E-state index contributed by atoms with van der Waals surface area (Å²) in [5.41, 5.74) is 6.95. The van der Waals surface area contributed by atoms with Gasteiger partial charge < -0.3 is 20.5 Å². The molecule has 3 N–H and O–H groups in total. The minimum absolute atomic E-state index is 0.320. The van der Waals surface area contributed by atoms with Crippen LogP contribution in [0.2, 0.25) is 0 Å². The Kier molecular flexibility index (Phi) is 7.78. The molecule has 6 heteroatoms. The molecule has 0 aliphatic rings. The van der Waals surface area contributed by atoms with E-state index in [2.05, 4.69) is 21.2 Å². The summed E-state index contributed by atoms with van der Waals surface area (Å²) in [5.74, 6) is -0.320. The Morgan fingerprint density at radius 2 is 2.05 bits per heavy atom. The van der Waals surface area contributed by atoms with Gasteiger partial charge in [0.15, 0.2) is 0 Å². The number of halogens is 2. The van der Waals surface area contributed by atoms with E-state index in [0.717, 1.165) is 19.4 Å². The first-order valence-corrected chi connectivity index (χ1v) is 6.99. The van der Waals surface area contributed by atoms with E-state index in [1.807, 2.05) is 0 Å². The topological polar surface area (TPSA) is 56.5 Å². The molecule has 1 aromatic rings. The van der Waals surface area contributed by atoms with Crippen molar-refractivity contribution >= 4 is 27.3 Å². The van der Waals surface area contributed by atoms with Gasteiger partial charge in [0.1, 0.15) is 5.82 Å². The highest BCUT2D eigenvalue weighted by Gasteiger charge is 2.05. The number of ether oxygens (including phenoxy) is 2. The van der Waals surface area contributed by atoms with Gasteiger partial charge in [-0.25, -0.2) is 4.39 Å². The lowest BCUT2D eigenvalue weighted by Gasteiger charge is -2.10. The molecule has 0 amide bonds. The van der Waals surface area contributed by atoms with Crippen LogP contribution in [0.15, 0.2) is 16.6 Å². The van der Waals surface area contributed by atoms with E-state index in [1.165, 1.54) is 6.07 Å². The second-order valence-electron chi connectivity index (χ2n) is 4.09. The van der Waals surface area contributed by atoms with Gasteiger partial charge in [-0.1, -0.05) is 0 Å². The van der Waals surface area contributed by atoms with Crippen LogP contribution in [0.1, 0.15) is 12.8 Å². The van der Waals surface area contributed by atoms with Gasteiger partial charge in [-0.15, -0.1) is 0 Å². The highest BCUT2D eigenvalue weighted by Crippen LogP contribution is 2.26. The fourth-order valence-electron chi connectivity index (χ4n) is 1.51. The van der Waals surface area contributed by atoms with Gasteiger partial charge in [-0.3, -0.25) is 0 Å². The van der Waals surface area contributed by atoms with Gasteiger partial charge in [-0.05, 0) is 34.8 Å². The molecule has 0 aliphatic heterocycles. The SMILES string of the molecule is COCCOCCCCNc1cc(F)c(Br)cc1N. The predicted octanol–water partition coefficient (Wildman–Crippen LogP) is 3.03. The third-order valence-corrected chi connectivity index (χ3v) is 3.16. The maximum atomic E-state index is 13.3. The van der Waals surface area contributed by atoms with Crippen molar-refractivity contribution in [3.63, 3.8) is 0 Å². The van der Waals surface area contributed by atoms with Gasteiger partial charge in [0.2, 0.25) is 0 Å². The number of hydrogen-bond acceptors (Lipinski definition) is 4. The Labute approximate surface area is 121 Å². The Bertz CT molecular complexity index is 391. The van der Waals surface area contributed by atoms with Crippen molar-refractivity contribution < 1.29 is 13.9 Å². The first kappa shape index (κ1) is 16.2. The third-order valence-electron chi connectivity index (χ3n) is 2.56. The number of benzene rings is 1. The highest BCUT2D eigenvalue weighted by molar-refractivity contribution is 9.10. The van der Waals surface area contributed by atoms with E-state index in [4.69, 9.17) is 15.2 Å². The van der Waals surface area contributed by atoms with Crippen molar-refractivity contribution in [2.45, 2.75) is 12.8 Å². The maximum Gasteiger partial charge on any atom is 0.139 e. The molecule has 0 spiro atoms. The smallest absolute Gasteiger partial charge is 0.139 e. The summed E-state index contributed by atoms with van der Waals surface area (Å²) in [6, 6.07) is 2.96. The highest BCUT2D eigenvalue weighted by atomic mass is 79.9. The van der Waals surface area contributed by atoms with Gasteiger partial charge >= 0.3 is 0 Å². The maximum absolute atomic E-state index is 13.3. The summed E-state index contributed by atoms with van der Waals surface area (Å²) >= 11 is 3.09. The van der Waals surface area contributed by atoms with Gasteiger partial charge in [0.05, 0.1) is 29.1 Å². The van der Waals surface area contributed by atoms with E-state index < -0.39 is 0 Å². The first-order chi connectivity index (χ1) is 9.15. The van der Waals surface area contributed by atoms with E-state index in [0.29, 0.717) is 35.7 Å². The van der Waals surface area contributed by atoms with E-state index in [1.54, 1.807) is 13.2 Å². The summed E-state index contributed by atoms with van der Waals surface area (Å²) in [6.07, 6.45) is 1.87. The second-order valence-corrected chi connectivity index (χ2v) is 4.95. The summed E-state index contributed by atoms with van der Waals surface area (Å²) < 4.78 is 23.9. The Morgan fingerprint density at radius 3 is 2.79 bits per heavy atom. The van der Waals surface area contributed by atoms with Crippen molar-refractivity contribution in [3.8, 4) is 0 Å². The molecule has 4 nitrogen and oxygen atoms in total. The molecule has 0 fully saturated rings. The van der Waals surface area contributed by atoms with Crippen molar-refractivity contribution in [2.75, 3.05) is 44.5 Å². The van der Waals surface area contributed by atoms with Crippen molar-refractivity contribution in [3.05, 3.63) is 22.4 Å². The fourth-order valence-corrected chi connectivity index (χ4v) is 1.87. The van der Waals surface area contributed by atoms with Crippen LogP contribution in [0.25, 0.3) is 0 Å². The number of rotatable bonds is 9. The predicted molar refractivity (Wildman–Crippen MR) is 78.9 cm³/mol. The van der Waals surface area contributed by atoms with Gasteiger partial charge in [0.25, 0.3) is 0 Å². The van der Waals surface area contributed by atoms with Crippen LogP contribution in [-0.2, 0) is 9.47 Å². The molecule has 0 aliphatic carbocycles. The Morgan fingerprint density at radius 1 is 1.26 bits per heavy atom. The van der Waals surface area contributed by atoms with Crippen LogP contribution < -0.4 is 11.1 Å². The number of nitrogens with two attached hydrogens (primary N) is 1. The molecule has 1 rings (SSSR count). The molecule has 0 bridgehead atoms. The molecule has 0 heterocycles. The molecule has 19 heavy (non-hydrogen) atoms. The molecule has 0 saturated heterocycles. The van der Waals surface area contributed by atoms with Crippen LogP contribution in [0.3, 0.4) is 0 Å². The monoisotopic (exact) mass is 334 g/mol. The molecule has 0 radical (unpaired) electrons. The molecule has 0 saturated carbocycles. The van der Waals surface area contributed by atoms with Gasteiger partial charge in [0, 0.05) is 26.3 Å². The zero-order chi connectivity index (χ0) is 14.1. The normalized spacial score (nSPS) is 10.7. The fraction of sp³-hybridized carbons (Fsp3) is 0.538. The van der Waals surface area contributed by atoms with Crippen LogP contribution in [-0.4, -0.2) is 33.5 Å². The van der Waals surface area contributed by atoms with Crippen LogP contribution in [0.4, 0.5) is 15.8 Å². The quantitative estimate of drug-likeness (QED) is 0.538. The summed E-state index contributed by atoms with van der Waals surface area (Å²) in [5, 5.41) is 3.12. The largest absolute Gasteiger partial charge is 0.397 e. The second kappa shape index (κ2) is 9.12. The summed E-state index contributed by atoms with van der Waals surface area (Å²) in [7, 11) is 1.65. The lowest BCUT2D eigenvalue weighted by Crippen LogP contribution is -2.07. The molecule has 0 aromatic heterocycles. The Hall–Kier alpha value is -0.850. The lowest BCUT2D eigenvalue weighted by atomic mass is 10.2. The molecule has 0 atom stereocenters. The number of nitrogens with one attached hydrogen (secondary N) is 1. The van der Waals surface area contributed by atoms with Crippen LogP contribution >= 0.6 is 15.9 Å². The van der Waals surface area contributed by atoms with Gasteiger partial charge in [-0.2, -0.15) is 0 Å². The lowest BCUT2D eigenvalue weighted by molar-refractivity contribution is 0.0691. The standard InChI is InChI=1S/C13H20BrFN2O2/c1-18-6-7-19-5-3-2-4-17-13-9-11(15)10(14)8-12(13)16/h8-9,17H,2-7,16H2,1H3. The molecular formula is C13H20BrFN2O2. The average molecular weight is 335 g/mol. The first-order valence-electron chi connectivity index (χ1n) is 6.20. The van der Waals surface area contributed by atoms with Crippen LogP contribution in [0.5, 0.6) is 0 Å². The molecule has 108 valence electrons. The van der Waals surface area contributed by atoms with Crippen molar-refractivity contribution in [1.29, 1.82) is 0 Å². The van der Waals surface area contributed by atoms with Crippen molar-refractivity contribution in [1.82, 2.24) is 0 Å². The Balaban J connectivity index is 2.17. The van der Waals surface area contributed by atoms with Crippen LogP contribution in [0, 0.1) is 5.82 Å². The summed E-state index contributed by atoms with van der Waals surface area (Å²) in [4.78, 5) is 0.